The second-order valence-electron chi connectivity index (χ2n) is 6.71. The molecule has 0 aliphatic rings. The van der Waals surface area contributed by atoms with Gasteiger partial charge in [-0.25, -0.2) is 4.98 Å². The number of hydrogen-bond acceptors (Lipinski definition) is 2. The Morgan fingerprint density at radius 2 is 1.89 bits per heavy atom. The van der Waals surface area contributed by atoms with Gasteiger partial charge in [0.05, 0.1) is 12.2 Å². The number of hydrogen-bond donors (Lipinski definition) is 1. The smallest absolute Gasteiger partial charge is 0.0986 e. The van der Waals surface area contributed by atoms with Crippen molar-refractivity contribution in [3.8, 4) is 0 Å². The maximum absolute atomic E-state index is 6.00. The molecule has 0 fully saturated rings. The van der Waals surface area contributed by atoms with Crippen molar-refractivity contribution in [3.63, 3.8) is 0 Å². The number of rotatable bonds is 6. The molecule has 0 amide bonds. The van der Waals surface area contributed by atoms with Crippen LogP contribution in [0.1, 0.15) is 40.2 Å². The largest absolute Gasteiger partial charge is 0.350 e. The summed E-state index contributed by atoms with van der Waals surface area (Å²) in [5.74, 6) is 0.893. The molecule has 1 N–H and O–H groups in total. The highest BCUT2D eigenvalue weighted by Gasteiger charge is 2.03. The van der Waals surface area contributed by atoms with E-state index < -0.39 is 0 Å². The minimum Gasteiger partial charge on any atom is -0.350 e. The van der Waals surface area contributed by atoms with Crippen LogP contribution in [0, 0.1) is 0 Å². The second kappa shape index (κ2) is 9.93. The van der Waals surface area contributed by atoms with E-state index in [1.54, 1.807) is 12.5 Å². The molecule has 1 aromatic heterocycles. The molecule has 27 heavy (non-hydrogen) atoms. The summed E-state index contributed by atoms with van der Waals surface area (Å²) in [6.45, 7) is 10.3. The lowest BCUT2D eigenvalue weighted by Gasteiger charge is -2.09. The summed E-state index contributed by atoms with van der Waals surface area (Å²) in [6.07, 6.45) is 11.6. The van der Waals surface area contributed by atoms with Gasteiger partial charge in [-0.3, -0.25) is 4.99 Å². The van der Waals surface area contributed by atoms with Gasteiger partial charge in [0.1, 0.15) is 0 Å². The molecule has 0 radical (unpaired) electrons. The Hall–Kier alpha value is -2.59. The van der Waals surface area contributed by atoms with Crippen LogP contribution < -0.4 is 5.32 Å². The molecule has 2 aromatic rings. The van der Waals surface area contributed by atoms with Gasteiger partial charge in [-0.1, -0.05) is 23.7 Å². The minimum atomic E-state index is 0.263. The number of nitrogens with one attached hydrogen (secondary N) is 1. The lowest BCUT2D eigenvalue weighted by molar-refractivity contribution is 0.827. The van der Waals surface area contributed by atoms with Crippen LogP contribution >= 0.6 is 11.6 Å². The number of aliphatic imine (C=N–C) groups is 1. The molecular weight excluding hydrogens is 356 g/mol. The van der Waals surface area contributed by atoms with Crippen molar-refractivity contribution < 1.29 is 0 Å². The molecular formula is C22H27ClN4. The van der Waals surface area contributed by atoms with Crippen LogP contribution in [0.25, 0.3) is 11.8 Å². The van der Waals surface area contributed by atoms with Crippen molar-refractivity contribution in [1.82, 2.24) is 14.9 Å². The summed E-state index contributed by atoms with van der Waals surface area (Å²) < 4.78 is 1.94. The molecule has 0 atom stereocenters. The molecule has 4 nitrogen and oxygen atoms in total. The number of amidine groups is 1. The summed E-state index contributed by atoms with van der Waals surface area (Å²) in [4.78, 5) is 8.62. The highest BCUT2D eigenvalue weighted by atomic mass is 35.5. The van der Waals surface area contributed by atoms with Gasteiger partial charge in [-0.2, -0.15) is 0 Å². The van der Waals surface area contributed by atoms with Crippen molar-refractivity contribution >= 4 is 29.2 Å². The van der Waals surface area contributed by atoms with Gasteiger partial charge >= 0.3 is 0 Å². The molecule has 142 valence electrons. The third kappa shape index (κ3) is 6.91. The first-order valence-corrected chi connectivity index (χ1v) is 9.34. The highest BCUT2D eigenvalue weighted by molar-refractivity contribution is 6.30. The first-order valence-electron chi connectivity index (χ1n) is 8.96. The minimum absolute atomic E-state index is 0.263. The molecule has 0 bridgehead atoms. The van der Waals surface area contributed by atoms with Crippen LogP contribution in [0.15, 0.2) is 71.4 Å². The average molecular weight is 383 g/mol. The highest BCUT2D eigenvalue weighted by Crippen LogP contribution is 2.22. The van der Waals surface area contributed by atoms with Gasteiger partial charge in [-0.05, 0) is 75.1 Å². The predicted molar refractivity (Wildman–Crippen MR) is 117 cm³/mol. The molecule has 0 saturated heterocycles. The Kier molecular flexibility index (Phi) is 7.62. The van der Waals surface area contributed by atoms with Crippen molar-refractivity contribution in [2.45, 2.75) is 40.7 Å². The van der Waals surface area contributed by atoms with E-state index in [2.05, 4.69) is 55.3 Å². The van der Waals surface area contributed by atoms with E-state index in [0.29, 0.717) is 0 Å². The molecule has 0 aliphatic heterocycles. The molecule has 0 aliphatic carbocycles. The normalized spacial score (nSPS) is 14.0. The first kappa shape index (κ1) is 20.7. The number of imidazole rings is 1. The Balaban J connectivity index is 2.34. The number of halogens is 1. The zero-order valence-corrected chi connectivity index (χ0v) is 17.3. The van der Waals surface area contributed by atoms with Crippen LogP contribution in [0.4, 0.5) is 0 Å². The Morgan fingerprint density at radius 3 is 2.48 bits per heavy atom. The Morgan fingerprint density at radius 1 is 1.19 bits per heavy atom. The SMILES string of the molecule is CC(=NC(C)C)N/C=C(C)/C(=C/n1ccnc1)/C=C(\C)c1ccc(Cl)cc1. The maximum atomic E-state index is 6.00. The third-order valence-corrected chi connectivity index (χ3v) is 4.14. The van der Waals surface area contributed by atoms with E-state index in [-0.39, 0.29) is 6.04 Å². The zero-order chi connectivity index (χ0) is 19.8. The monoisotopic (exact) mass is 382 g/mol. The number of aromatic nitrogens is 2. The second-order valence-corrected chi connectivity index (χ2v) is 7.14. The van der Waals surface area contributed by atoms with E-state index in [1.165, 1.54) is 0 Å². The Bertz CT molecular complexity index is 854. The molecule has 1 heterocycles. The first-order chi connectivity index (χ1) is 12.8. The van der Waals surface area contributed by atoms with E-state index in [0.717, 1.165) is 33.1 Å². The van der Waals surface area contributed by atoms with Gasteiger partial charge in [0, 0.05) is 35.9 Å². The fraction of sp³-hybridized carbons (Fsp3) is 0.273. The van der Waals surface area contributed by atoms with Crippen molar-refractivity contribution in [2.75, 3.05) is 0 Å². The molecule has 0 unspecified atom stereocenters. The third-order valence-electron chi connectivity index (χ3n) is 3.89. The van der Waals surface area contributed by atoms with Gasteiger partial charge in [0.25, 0.3) is 0 Å². The lowest BCUT2D eigenvalue weighted by atomic mass is 10.0. The van der Waals surface area contributed by atoms with E-state index in [4.69, 9.17) is 11.6 Å². The van der Waals surface area contributed by atoms with Crippen molar-refractivity contribution in [1.29, 1.82) is 0 Å². The maximum Gasteiger partial charge on any atom is 0.0986 e. The Labute approximate surface area is 167 Å². The van der Waals surface area contributed by atoms with Crippen LogP contribution in [-0.4, -0.2) is 21.4 Å². The van der Waals surface area contributed by atoms with Crippen LogP contribution in [0.2, 0.25) is 5.02 Å². The van der Waals surface area contributed by atoms with Gasteiger partial charge in [0.15, 0.2) is 0 Å². The molecule has 1 aromatic carbocycles. The fourth-order valence-electron chi connectivity index (χ4n) is 2.51. The molecule has 0 spiro atoms. The summed E-state index contributed by atoms with van der Waals surface area (Å²) in [5.41, 5.74) is 4.45. The van der Waals surface area contributed by atoms with Gasteiger partial charge in [-0.15, -0.1) is 0 Å². The van der Waals surface area contributed by atoms with Crippen LogP contribution in [0.3, 0.4) is 0 Å². The standard InChI is InChI=1S/C22H27ClN4/c1-16(2)26-19(5)25-13-18(4)21(14-27-11-10-24-15-27)12-17(3)20-6-8-22(23)9-7-20/h6-16H,1-5H3,(H,25,26)/b17-12+,18-13+,21-14+. The van der Waals surface area contributed by atoms with Crippen molar-refractivity contribution in [3.05, 3.63) is 77.0 Å². The van der Waals surface area contributed by atoms with E-state index in [1.807, 2.05) is 48.2 Å². The lowest BCUT2D eigenvalue weighted by Crippen LogP contribution is -2.15. The average Bonchev–Trinajstić information content (AvgIpc) is 3.12. The fourth-order valence-corrected chi connectivity index (χ4v) is 2.64. The number of benzene rings is 1. The molecule has 5 heteroatoms. The quantitative estimate of drug-likeness (QED) is 0.389. The topological polar surface area (TPSA) is 42.2 Å². The van der Waals surface area contributed by atoms with E-state index >= 15 is 0 Å². The summed E-state index contributed by atoms with van der Waals surface area (Å²) in [5, 5.41) is 4.01. The summed E-state index contributed by atoms with van der Waals surface area (Å²) >= 11 is 6.00. The van der Waals surface area contributed by atoms with Gasteiger partial charge < -0.3 is 9.88 Å². The summed E-state index contributed by atoms with van der Waals surface area (Å²) in [6, 6.07) is 8.13. The number of nitrogens with zero attached hydrogens (tertiary/aromatic N) is 3. The van der Waals surface area contributed by atoms with Crippen LogP contribution in [-0.2, 0) is 0 Å². The number of allylic oxidation sites excluding steroid dienone is 4. The van der Waals surface area contributed by atoms with Crippen molar-refractivity contribution in [2.24, 2.45) is 4.99 Å². The predicted octanol–water partition coefficient (Wildman–Crippen LogP) is 5.80. The molecule has 0 saturated carbocycles. The van der Waals surface area contributed by atoms with E-state index in [9.17, 15) is 0 Å². The van der Waals surface area contributed by atoms with Crippen LogP contribution in [0.5, 0.6) is 0 Å². The summed E-state index contributed by atoms with van der Waals surface area (Å²) in [7, 11) is 0. The molecule has 2 rings (SSSR count). The van der Waals surface area contributed by atoms with Gasteiger partial charge in [0.2, 0.25) is 0 Å². The zero-order valence-electron chi connectivity index (χ0n) is 16.6.